The zero-order chi connectivity index (χ0) is 34.8. The monoisotopic (exact) mass is 707 g/mol. The number of rotatable bonds is 6. The normalized spacial score (nSPS) is 18.9. The molecule has 0 radical (unpaired) electrons. The maximum absolute atomic E-state index is 14.2. The van der Waals surface area contributed by atoms with Gasteiger partial charge in [0.15, 0.2) is 11.5 Å². The molecule has 0 unspecified atom stereocenters. The Morgan fingerprint density at radius 2 is 1.76 bits per heavy atom. The highest BCUT2D eigenvalue weighted by Crippen LogP contribution is 3.02. The topological polar surface area (TPSA) is 144 Å². The van der Waals surface area contributed by atoms with Gasteiger partial charge in [0, 0.05) is 41.6 Å². The van der Waals surface area contributed by atoms with Crippen molar-refractivity contribution in [3.8, 4) is 5.75 Å². The molecule has 1 fully saturated rings. The number of piperidine rings is 1. The van der Waals surface area contributed by atoms with Gasteiger partial charge in [-0.15, -0.1) is 5.10 Å². The summed E-state index contributed by atoms with van der Waals surface area (Å²) >= 11 is 0. The van der Waals surface area contributed by atoms with Gasteiger partial charge in [-0.05, 0) is 74.1 Å². The lowest BCUT2D eigenvalue weighted by Crippen LogP contribution is -2.46. The van der Waals surface area contributed by atoms with Gasteiger partial charge >= 0.3 is 10.2 Å². The van der Waals surface area contributed by atoms with E-state index < -0.39 is 44.5 Å². The molecule has 2 amide bonds. The summed E-state index contributed by atoms with van der Waals surface area (Å²) in [7, 11) is -9.90. The minimum Gasteiger partial charge on any atom is -0.505 e. The number of hydrogen-bond donors (Lipinski definition) is 2. The van der Waals surface area contributed by atoms with Gasteiger partial charge in [-0.3, -0.25) is 14.4 Å². The molecule has 5 heterocycles. The van der Waals surface area contributed by atoms with Gasteiger partial charge in [0.05, 0.1) is 13.2 Å². The number of amides is 2. The van der Waals surface area contributed by atoms with E-state index in [1.54, 1.807) is 15.5 Å². The number of ether oxygens (including phenoxy) is 1. The highest BCUT2D eigenvalue weighted by Gasteiger charge is 2.65. The van der Waals surface area contributed by atoms with Crippen LogP contribution in [-0.4, -0.2) is 72.3 Å². The molecule has 12 nitrogen and oxygen atoms in total. The van der Waals surface area contributed by atoms with Crippen molar-refractivity contribution in [3.63, 3.8) is 0 Å². The average molecular weight is 708 g/mol. The fourth-order valence-corrected chi connectivity index (χ4v) is 7.55. The number of carbonyl (C=O) groups excluding carboxylic acids is 2. The third kappa shape index (κ3) is 6.03. The Kier molecular flexibility index (Phi) is 7.23. The van der Waals surface area contributed by atoms with Crippen molar-refractivity contribution < 1.29 is 38.9 Å². The number of hydrogen-bond acceptors (Lipinski definition) is 8. The first kappa shape index (κ1) is 32.7. The van der Waals surface area contributed by atoms with E-state index in [4.69, 9.17) is 4.74 Å². The molecule has 7 rings (SSSR count). The van der Waals surface area contributed by atoms with Crippen molar-refractivity contribution in [1.29, 1.82) is 0 Å². The fourth-order valence-electron chi connectivity index (χ4n) is 6.90. The molecular formula is C31H30F5N7O5S. The highest BCUT2D eigenvalue weighted by molar-refractivity contribution is 8.45. The molecule has 1 spiro atoms. The Hall–Kier alpha value is -4.84. The number of likely N-dealkylation sites (tertiary alicyclic amines) is 1. The number of benzene rings is 1. The molecule has 0 bridgehead atoms. The number of carbonyl (C=O) groups is 2. The quantitative estimate of drug-likeness (QED) is 0.260. The summed E-state index contributed by atoms with van der Waals surface area (Å²) in [4.78, 5) is 48.8. The number of fused-ring (bicyclic) bond motifs is 3. The number of nitrogens with one attached hydrogen (secondary N) is 1. The van der Waals surface area contributed by atoms with E-state index in [-0.39, 0.29) is 54.0 Å². The Labute approximate surface area is 274 Å². The summed E-state index contributed by atoms with van der Waals surface area (Å²) in [6, 6.07) is 4.82. The predicted octanol–water partition coefficient (Wildman–Crippen LogP) is 5.21. The van der Waals surface area contributed by atoms with Crippen molar-refractivity contribution in [1.82, 2.24) is 29.0 Å². The van der Waals surface area contributed by atoms with Gasteiger partial charge in [0.25, 0.3) is 11.5 Å². The van der Waals surface area contributed by atoms with Crippen LogP contribution in [0.5, 0.6) is 5.75 Å². The molecule has 0 atom stereocenters. The van der Waals surface area contributed by atoms with Crippen LogP contribution in [0.15, 0.2) is 58.4 Å². The second kappa shape index (κ2) is 10.8. The summed E-state index contributed by atoms with van der Waals surface area (Å²) in [6.45, 7) is 0.909. The molecule has 1 saturated heterocycles. The Morgan fingerprint density at radius 1 is 1.02 bits per heavy atom. The molecule has 2 N–H and O–H groups in total. The number of halogens is 5. The van der Waals surface area contributed by atoms with E-state index >= 15 is 0 Å². The molecule has 3 aliphatic rings. The van der Waals surface area contributed by atoms with Crippen LogP contribution in [0.25, 0.3) is 11.4 Å². The van der Waals surface area contributed by atoms with Gasteiger partial charge in [0.1, 0.15) is 17.2 Å². The number of nitrogens with zero attached hydrogens (tertiary/aromatic N) is 6. The van der Waals surface area contributed by atoms with Crippen LogP contribution in [0.2, 0.25) is 0 Å². The van der Waals surface area contributed by atoms with Gasteiger partial charge in [-0.1, -0.05) is 25.5 Å². The van der Waals surface area contributed by atoms with Crippen LogP contribution in [0.3, 0.4) is 0 Å². The van der Waals surface area contributed by atoms with Crippen LogP contribution in [-0.2, 0) is 27.9 Å². The van der Waals surface area contributed by atoms with Crippen molar-refractivity contribution in [3.05, 3.63) is 81.8 Å². The number of aromatic nitrogens is 5. The van der Waals surface area contributed by atoms with E-state index in [2.05, 4.69) is 20.4 Å². The van der Waals surface area contributed by atoms with Gasteiger partial charge in [-0.2, -0.15) is 9.50 Å². The lowest BCUT2D eigenvalue weighted by Gasteiger charge is -2.40. The molecule has 260 valence electrons. The smallest absolute Gasteiger partial charge is 0.310 e. The summed E-state index contributed by atoms with van der Waals surface area (Å²) in [5, 5.41) is 17.1. The lowest BCUT2D eigenvalue weighted by molar-refractivity contribution is -0.116. The van der Waals surface area contributed by atoms with Crippen LogP contribution in [0.4, 0.5) is 25.1 Å². The first-order valence-corrected chi connectivity index (χ1v) is 17.4. The molecule has 1 aromatic carbocycles. The summed E-state index contributed by atoms with van der Waals surface area (Å²) in [6.07, 6.45) is 5.46. The van der Waals surface area contributed by atoms with E-state index in [0.717, 1.165) is 22.2 Å². The third-order valence-corrected chi connectivity index (χ3v) is 10.5. The zero-order valence-corrected chi connectivity index (χ0v) is 26.6. The maximum atomic E-state index is 14.2. The van der Waals surface area contributed by atoms with Crippen LogP contribution in [0, 0.1) is 0 Å². The SMILES string of the molecule is O=C(Cn1c2c(c(=O)n3nc(C4=CCOCC4)nc13)C1(CC2)CCN(C(=O)c2ncccc2O)CC1)Nc1ccc(S(F)(F)(F)(F)F)cc1. The first-order chi connectivity index (χ1) is 23.0. The van der Waals surface area contributed by atoms with Crippen molar-refractivity contribution in [2.45, 2.75) is 49.0 Å². The molecule has 2 aliphatic heterocycles. The Balaban J connectivity index is 1.22. The van der Waals surface area contributed by atoms with Crippen LogP contribution >= 0.6 is 10.2 Å². The van der Waals surface area contributed by atoms with Gasteiger partial charge in [0.2, 0.25) is 11.7 Å². The standard InChI is InChI=1S/C31H30F5N7O5S/c32-49(33,34,35,36)21-5-3-20(4-6-21)38-24(45)18-42-22-7-10-31(11-14-41(15-12-31)29(47)26-23(44)2-1-13-37-26)25(22)28(46)43-30(42)39-27(40-43)19-8-16-48-17-9-19/h1-6,8,13,44H,7,9-12,14-18H2,(H,38,45). The van der Waals surface area contributed by atoms with Crippen molar-refractivity contribution >= 4 is 39.1 Å². The second-order valence-electron chi connectivity index (χ2n) is 12.4. The molecule has 18 heteroatoms. The van der Waals surface area contributed by atoms with E-state index in [1.165, 1.54) is 18.3 Å². The Bertz CT molecular complexity index is 2110. The van der Waals surface area contributed by atoms with Gasteiger partial charge < -0.3 is 24.6 Å². The van der Waals surface area contributed by atoms with E-state index in [0.29, 0.717) is 56.6 Å². The number of aromatic hydroxyl groups is 1. The molecule has 1 aliphatic carbocycles. The second-order valence-corrected chi connectivity index (χ2v) is 14.8. The number of anilines is 1. The first-order valence-electron chi connectivity index (χ1n) is 15.4. The van der Waals surface area contributed by atoms with E-state index in [9.17, 15) is 38.9 Å². The minimum absolute atomic E-state index is 0.0684. The zero-order valence-electron chi connectivity index (χ0n) is 25.8. The molecule has 49 heavy (non-hydrogen) atoms. The molecule has 0 saturated carbocycles. The van der Waals surface area contributed by atoms with Gasteiger partial charge in [-0.25, -0.2) is 4.98 Å². The van der Waals surface area contributed by atoms with Crippen LogP contribution < -0.4 is 10.9 Å². The minimum atomic E-state index is -9.90. The fraction of sp³-hybridized carbons (Fsp3) is 0.355. The molecule has 3 aromatic heterocycles. The molecule has 4 aromatic rings. The summed E-state index contributed by atoms with van der Waals surface area (Å²) < 4.78 is 74.1. The third-order valence-electron chi connectivity index (χ3n) is 9.36. The highest BCUT2D eigenvalue weighted by atomic mass is 32.5. The van der Waals surface area contributed by atoms with Crippen molar-refractivity contribution in [2.24, 2.45) is 0 Å². The number of pyridine rings is 1. The Morgan fingerprint density at radius 3 is 2.41 bits per heavy atom. The maximum Gasteiger partial charge on any atom is 0.310 e. The molecular weight excluding hydrogens is 677 g/mol. The van der Waals surface area contributed by atoms with E-state index in [1.807, 2.05) is 0 Å². The lowest BCUT2D eigenvalue weighted by atomic mass is 9.74. The summed E-state index contributed by atoms with van der Waals surface area (Å²) in [5.41, 5.74) is 0.484. The van der Waals surface area contributed by atoms with Crippen LogP contribution in [0.1, 0.15) is 53.3 Å². The predicted molar refractivity (Wildman–Crippen MR) is 168 cm³/mol. The average Bonchev–Trinajstić information content (AvgIpc) is 3.66. The largest absolute Gasteiger partial charge is 0.505 e. The van der Waals surface area contributed by atoms with Crippen molar-refractivity contribution in [2.75, 3.05) is 31.6 Å². The summed E-state index contributed by atoms with van der Waals surface area (Å²) in [5.74, 6) is -0.990.